The predicted molar refractivity (Wildman–Crippen MR) is 99.0 cm³/mol. The van der Waals surface area contributed by atoms with Gasteiger partial charge in [0.05, 0.1) is 0 Å². The third-order valence-corrected chi connectivity index (χ3v) is 3.76. The third kappa shape index (κ3) is 5.08. The molecule has 0 aliphatic rings. The number of amides is 2. The normalized spacial score (nSPS) is 11.5. The summed E-state index contributed by atoms with van der Waals surface area (Å²) in [5, 5.41) is 5.56. The molecule has 1 atom stereocenters. The van der Waals surface area contributed by atoms with Gasteiger partial charge in [0, 0.05) is 17.8 Å². The zero-order chi connectivity index (χ0) is 18.2. The van der Waals surface area contributed by atoms with E-state index in [4.69, 9.17) is 4.74 Å². The van der Waals surface area contributed by atoms with Gasteiger partial charge >= 0.3 is 0 Å². The van der Waals surface area contributed by atoms with Crippen LogP contribution in [0.25, 0.3) is 0 Å². The zero-order valence-electron chi connectivity index (χ0n) is 14.8. The first-order valence-corrected chi connectivity index (χ1v) is 8.46. The van der Waals surface area contributed by atoms with Crippen molar-refractivity contribution in [3.8, 4) is 5.75 Å². The Bertz CT molecular complexity index is 743. The Morgan fingerprint density at radius 3 is 2.52 bits per heavy atom. The van der Waals surface area contributed by atoms with Gasteiger partial charge in [0.1, 0.15) is 5.75 Å². The van der Waals surface area contributed by atoms with E-state index in [-0.39, 0.29) is 11.8 Å². The van der Waals surface area contributed by atoms with Crippen LogP contribution in [0.5, 0.6) is 5.75 Å². The molecule has 0 fully saturated rings. The lowest BCUT2D eigenvalue weighted by Crippen LogP contribution is -2.32. The van der Waals surface area contributed by atoms with Crippen molar-refractivity contribution in [1.29, 1.82) is 0 Å². The first-order valence-electron chi connectivity index (χ1n) is 8.46. The molecule has 5 heteroatoms. The van der Waals surface area contributed by atoms with Crippen LogP contribution in [-0.4, -0.2) is 24.5 Å². The average molecular weight is 340 g/mol. The lowest BCUT2D eigenvalue weighted by Gasteiger charge is -2.18. The smallest absolute Gasteiger partial charge is 0.265 e. The molecule has 0 bridgehead atoms. The second-order valence-electron chi connectivity index (χ2n) is 5.71. The van der Waals surface area contributed by atoms with Crippen LogP contribution in [0, 0.1) is 6.92 Å². The lowest BCUT2D eigenvalue weighted by molar-refractivity contribution is -0.122. The second kappa shape index (κ2) is 8.87. The molecule has 0 spiro atoms. The molecule has 5 nitrogen and oxygen atoms in total. The van der Waals surface area contributed by atoms with Gasteiger partial charge in [0.15, 0.2) is 6.10 Å². The summed E-state index contributed by atoms with van der Waals surface area (Å²) < 4.78 is 5.85. The number of ether oxygens (including phenoxy) is 1. The summed E-state index contributed by atoms with van der Waals surface area (Å²) in [4.78, 5) is 24.4. The Hall–Kier alpha value is -2.82. The van der Waals surface area contributed by atoms with Crippen LogP contribution in [0.15, 0.2) is 48.5 Å². The summed E-state index contributed by atoms with van der Waals surface area (Å²) in [6.07, 6.45) is -0.0647. The van der Waals surface area contributed by atoms with Crippen LogP contribution < -0.4 is 15.4 Å². The fraction of sp³-hybridized carbons (Fsp3) is 0.300. The van der Waals surface area contributed by atoms with Crippen LogP contribution >= 0.6 is 0 Å². The standard InChI is InChI=1S/C20H24N2O3/c1-4-17(25-18-12-7-6-9-14(18)3)20(24)22-16-11-8-10-15(13-16)19(23)21-5-2/h6-13,17H,4-5H2,1-3H3,(H,21,23)(H,22,24). The van der Waals surface area contributed by atoms with E-state index in [2.05, 4.69) is 10.6 Å². The van der Waals surface area contributed by atoms with Gasteiger partial charge in [-0.05, 0) is 50.1 Å². The molecule has 2 rings (SSSR count). The molecule has 0 heterocycles. The van der Waals surface area contributed by atoms with E-state index in [1.807, 2.05) is 45.0 Å². The van der Waals surface area contributed by atoms with Crippen LogP contribution in [0.3, 0.4) is 0 Å². The zero-order valence-corrected chi connectivity index (χ0v) is 14.8. The molecule has 0 saturated heterocycles. The van der Waals surface area contributed by atoms with E-state index in [0.29, 0.717) is 30.0 Å². The molecule has 1 unspecified atom stereocenters. The van der Waals surface area contributed by atoms with Gasteiger partial charge in [-0.3, -0.25) is 9.59 Å². The van der Waals surface area contributed by atoms with Crippen molar-refractivity contribution in [1.82, 2.24) is 5.32 Å². The molecule has 0 aromatic heterocycles. The second-order valence-corrected chi connectivity index (χ2v) is 5.71. The third-order valence-electron chi connectivity index (χ3n) is 3.76. The van der Waals surface area contributed by atoms with Gasteiger partial charge < -0.3 is 15.4 Å². The summed E-state index contributed by atoms with van der Waals surface area (Å²) >= 11 is 0. The van der Waals surface area contributed by atoms with E-state index in [9.17, 15) is 9.59 Å². The van der Waals surface area contributed by atoms with Gasteiger partial charge in [0.2, 0.25) is 0 Å². The number of para-hydroxylation sites is 1. The fourth-order valence-electron chi connectivity index (χ4n) is 2.39. The Balaban J connectivity index is 2.08. The number of aryl methyl sites for hydroxylation is 1. The van der Waals surface area contributed by atoms with E-state index in [1.54, 1.807) is 24.3 Å². The summed E-state index contributed by atoms with van der Waals surface area (Å²) in [5.74, 6) is 0.293. The number of anilines is 1. The largest absolute Gasteiger partial charge is 0.480 e. The van der Waals surface area contributed by atoms with E-state index >= 15 is 0 Å². The molecule has 25 heavy (non-hydrogen) atoms. The molecule has 2 N–H and O–H groups in total. The number of carbonyl (C=O) groups excluding carboxylic acids is 2. The molecule has 0 aliphatic heterocycles. The summed E-state index contributed by atoms with van der Waals surface area (Å²) in [6.45, 7) is 6.25. The fourth-order valence-corrected chi connectivity index (χ4v) is 2.39. The van der Waals surface area contributed by atoms with Crippen molar-refractivity contribution in [3.63, 3.8) is 0 Å². The maximum Gasteiger partial charge on any atom is 0.265 e. The monoisotopic (exact) mass is 340 g/mol. The van der Waals surface area contributed by atoms with Crippen molar-refractivity contribution < 1.29 is 14.3 Å². The van der Waals surface area contributed by atoms with Gasteiger partial charge in [-0.1, -0.05) is 31.2 Å². The minimum absolute atomic E-state index is 0.165. The topological polar surface area (TPSA) is 67.4 Å². The minimum atomic E-state index is -0.603. The average Bonchev–Trinajstić information content (AvgIpc) is 2.61. The Kier molecular flexibility index (Phi) is 6.57. The first kappa shape index (κ1) is 18.5. The number of carbonyl (C=O) groups is 2. The van der Waals surface area contributed by atoms with E-state index < -0.39 is 6.10 Å². The van der Waals surface area contributed by atoms with Gasteiger partial charge in [-0.15, -0.1) is 0 Å². The quantitative estimate of drug-likeness (QED) is 0.810. The van der Waals surface area contributed by atoms with Crippen molar-refractivity contribution in [2.75, 3.05) is 11.9 Å². The molecule has 0 radical (unpaired) electrons. The van der Waals surface area contributed by atoms with Crippen molar-refractivity contribution >= 4 is 17.5 Å². The number of rotatable bonds is 7. The van der Waals surface area contributed by atoms with Crippen LogP contribution in [0.4, 0.5) is 5.69 Å². The summed E-state index contributed by atoms with van der Waals surface area (Å²) in [7, 11) is 0. The predicted octanol–water partition coefficient (Wildman–Crippen LogP) is 3.54. The van der Waals surface area contributed by atoms with Crippen molar-refractivity contribution in [3.05, 3.63) is 59.7 Å². The Morgan fingerprint density at radius 1 is 1.08 bits per heavy atom. The molecule has 0 aliphatic carbocycles. The van der Waals surface area contributed by atoms with Crippen LogP contribution in [0.1, 0.15) is 36.2 Å². The highest BCUT2D eigenvalue weighted by molar-refractivity contribution is 5.98. The maximum absolute atomic E-state index is 12.5. The minimum Gasteiger partial charge on any atom is -0.480 e. The van der Waals surface area contributed by atoms with Crippen LogP contribution in [-0.2, 0) is 4.79 Å². The van der Waals surface area contributed by atoms with E-state index in [0.717, 1.165) is 5.56 Å². The first-order chi connectivity index (χ1) is 12.0. The molecule has 2 amide bonds. The van der Waals surface area contributed by atoms with Crippen LogP contribution in [0.2, 0.25) is 0 Å². The maximum atomic E-state index is 12.5. The number of benzene rings is 2. The highest BCUT2D eigenvalue weighted by Gasteiger charge is 2.19. The molecule has 132 valence electrons. The van der Waals surface area contributed by atoms with E-state index in [1.165, 1.54) is 0 Å². The summed E-state index contributed by atoms with van der Waals surface area (Å²) in [5.41, 5.74) is 2.06. The number of nitrogens with one attached hydrogen (secondary N) is 2. The number of hydrogen-bond donors (Lipinski definition) is 2. The lowest BCUT2D eigenvalue weighted by atomic mass is 10.1. The molecular weight excluding hydrogens is 316 g/mol. The van der Waals surface area contributed by atoms with Crippen molar-refractivity contribution in [2.45, 2.75) is 33.3 Å². The van der Waals surface area contributed by atoms with Crippen molar-refractivity contribution in [2.24, 2.45) is 0 Å². The molecule has 2 aromatic rings. The molecule has 2 aromatic carbocycles. The highest BCUT2D eigenvalue weighted by atomic mass is 16.5. The van der Waals surface area contributed by atoms with Gasteiger partial charge in [-0.25, -0.2) is 0 Å². The van der Waals surface area contributed by atoms with Gasteiger partial charge in [0.25, 0.3) is 11.8 Å². The Labute approximate surface area is 148 Å². The summed E-state index contributed by atoms with van der Waals surface area (Å²) in [6, 6.07) is 14.4. The molecular formula is C20H24N2O3. The Morgan fingerprint density at radius 2 is 1.84 bits per heavy atom. The highest BCUT2D eigenvalue weighted by Crippen LogP contribution is 2.20. The molecule has 0 saturated carbocycles. The number of hydrogen-bond acceptors (Lipinski definition) is 3. The SMILES string of the molecule is CCNC(=O)c1cccc(NC(=O)C(CC)Oc2ccccc2C)c1. The van der Waals surface area contributed by atoms with Gasteiger partial charge in [-0.2, -0.15) is 0 Å².